The number of rotatable bonds is 7. The van der Waals surface area contributed by atoms with Crippen molar-refractivity contribution in [3.05, 3.63) is 35.9 Å². The first-order valence-corrected chi connectivity index (χ1v) is 9.43. The third-order valence-electron chi connectivity index (χ3n) is 5.08. The maximum atomic E-state index is 12.4. The Balaban J connectivity index is 1.38. The first-order chi connectivity index (χ1) is 12.2. The topological polar surface area (TPSA) is 49.9 Å². The van der Waals surface area contributed by atoms with Gasteiger partial charge in [0.2, 0.25) is 11.8 Å². The van der Waals surface area contributed by atoms with E-state index in [0.29, 0.717) is 39.1 Å². The van der Waals surface area contributed by atoms with Gasteiger partial charge in [-0.15, -0.1) is 0 Å². The average molecular weight is 344 g/mol. The lowest BCUT2D eigenvalue weighted by molar-refractivity contribution is -0.139. The van der Waals surface area contributed by atoms with Gasteiger partial charge in [0, 0.05) is 39.0 Å². The van der Waals surface area contributed by atoms with Crippen molar-refractivity contribution in [3.63, 3.8) is 0 Å². The quantitative estimate of drug-likeness (QED) is 0.762. The Labute approximate surface area is 149 Å². The normalized spacial score (nSPS) is 21.0. The number of carbonyl (C=O) groups is 2. The molecule has 1 aromatic carbocycles. The van der Waals surface area contributed by atoms with E-state index in [2.05, 4.69) is 24.3 Å². The summed E-state index contributed by atoms with van der Waals surface area (Å²) in [6, 6.07) is 10.4. The maximum absolute atomic E-state index is 12.4. The average Bonchev–Trinajstić information content (AvgIpc) is 3.06. The Hall–Kier alpha value is -1.88. The Bertz CT molecular complexity index is 576. The van der Waals surface area contributed by atoms with Gasteiger partial charge in [-0.2, -0.15) is 0 Å². The highest BCUT2D eigenvalue weighted by atomic mass is 16.5. The Morgan fingerprint density at radius 2 is 2.04 bits per heavy atom. The van der Waals surface area contributed by atoms with Crippen molar-refractivity contribution in [2.24, 2.45) is 0 Å². The molecule has 5 heteroatoms. The molecule has 0 aromatic heterocycles. The molecule has 0 radical (unpaired) electrons. The number of benzene rings is 1. The van der Waals surface area contributed by atoms with Crippen LogP contribution in [0.5, 0.6) is 0 Å². The molecule has 2 aliphatic heterocycles. The van der Waals surface area contributed by atoms with Crippen LogP contribution in [0, 0.1) is 0 Å². The van der Waals surface area contributed by atoms with Gasteiger partial charge in [-0.25, -0.2) is 0 Å². The Kier molecular flexibility index (Phi) is 6.45. The van der Waals surface area contributed by atoms with Gasteiger partial charge in [0.1, 0.15) is 0 Å². The molecule has 5 nitrogen and oxygen atoms in total. The van der Waals surface area contributed by atoms with E-state index in [1.54, 1.807) is 0 Å². The summed E-state index contributed by atoms with van der Waals surface area (Å²) < 4.78 is 5.83. The molecule has 0 N–H and O–H groups in total. The fourth-order valence-corrected chi connectivity index (χ4v) is 3.61. The van der Waals surface area contributed by atoms with Crippen LogP contribution in [0.3, 0.4) is 0 Å². The molecule has 0 spiro atoms. The van der Waals surface area contributed by atoms with Crippen LogP contribution in [0.2, 0.25) is 0 Å². The maximum Gasteiger partial charge on any atom is 0.222 e. The highest BCUT2D eigenvalue weighted by Crippen LogP contribution is 2.15. The number of hydrogen-bond acceptors (Lipinski definition) is 3. The summed E-state index contributed by atoms with van der Waals surface area (Å²) in [4.78, 5) is 27.9. The lowest BCUT2D eigenvalue weighted by atomic mass is 10.1. The van der Waals surface area contributed by atoms with Crippen LogP contribution in [0.25, 0.3) is 0 Å². The third-order valence-corrected chi connectivity index (χ3v) is 5.08. The van der Waals surface area contributed by atoms with E-state index in [9.17, 15) is 9.59 Å². The van der Waals surface area contributed by atoms with Crippen LogP contribution in [-0.4, -0.2) is 60.5 Å². The van der Waals surface area contributed by atoms with Crippen LogP contribution >= 0.6 is 0 Å². The minimum absolute atomic E-state index is 0.123. The first-order valence-electron chi connectivity index (χ1n) is 9.43. The SMILES string of the molecule is O=C1CCCN1CCCC(=O)N1CCOC(CCc2ccccc2)C1. The molecule has 25 heavy (non-hydrogen) atoms. The fraction of sp³-hybridized carbons (Fsp3) is 0.600. The number of aryl methyl sites for hydroxylation is 1. The highest BCUT2D eigenvalue weighted by molar-refractivity contribution is 5.78. The molecule has 2 heterocycles. The summed E-state index contributed by atoms with van der Waals surface area (Å²) in [6.07, 6.45) is 4.95. The van der Waals surface area contributed by atoms with Gasteiger partial charge < -0.3 is 14.5 Å². The van der Waals surface area contributed by atoms with Crippen LogP contribution in [0.4, 0.5) is 0 Å². The second-order valence-corrected chi connectivity index (χ2v) is 6.94. The number of likely N-dealkylation sites (tertiary alicyclic amines) is 1. The first kappa shape index (κ1) is 17.9. The summed E-state index contributed by atoms with van der Waals surface area (Å²) in [5.41, 5.74) is 1.31. The van der Waals surface area contributed by atoms with Gasteiger partial charge in [0.25, 0.3) is 0 Å². The summed E-state index contributed by atoms with van der Waals surface area (Å²) in [5, 5.41) is 0. The summed E-state index contributed by atoms with van der Waals surface area (Å²) in [7, 11) is 0. The predicted molar refractivity (Wildman–Crippen MR) is 96.1 cm³/mol. The second kappa shape index (κ2) is 8.99. The van der Waals surface area contributed by atoms with Crippen molar-refractivity contribution in [1.29, 1.82) is 0 Å². The minimum atomic E-state index is 0.123. The van der Waals surface area contributed by atoms with Crippen molar-refractivity contribution >= 4 is 11.8 Å². The smallest absolute Gasteiger partial charge is 0.222 e. The number of hydrogen-bond donors (Lipinski definition) is 0. The Morgan fingerprint density at radius 3 is 2.80 bits per heavy atom. The molecular formula is C20H28N2O3. The summed E-state index contributed by atoms with van der Waals surface area (Å²) in [6.45, 7) is 3.56. The van der Waals surface area contributed by atoms with E-state index in [0.717, 1.165) is 32.2 Å². The monoisotopic (exact) mass is 344 g/mol. The van der Waals surface area contributed by atoms with Crippen molar-refractivity contribution in [2.45, 2.75) is 44.6 Å². The number of morpholine rings is 1. The Morgan fingerprint density at radius 1 is 1.20 bits per heavy atom. The zero-order valence-corrected chi connectivity index (χ0v) is 14.9. The van der Waals surface area contributed by atoms with Crippen LogP contribution in [-0.2, 0) is 20.7 Å². The van der Waals surface area contributed by atoms with Gasteiger partial charge in [0.15, 0.2) is 0 Å². The summed E-state index contributed by atoms with van der Waals surface area (Å²) >= 11 is 0. The number of amides is 2. The van der Waals surface area contributed by atoms with Crippen LogP contribution in [0.1, 0.15) is 37.7 Å². The van der Waals surface area contributed by atoms with Crippen LogP contribution in [0.15, 0.2) is 30.3 Å². The van der Waals surface area contributed by atoms with Gasteiger partial charge in [-0.3, -0.25) is 9.59 Å². The lowest BCUT2D eigenvalue weighted by Gasteiger charge is -2.33. The predicted octanol–water partition coefficient (Wildman–Crippen LogP) is 2.25. The van der Waals surface area contributed by atoms with Crippen molar-refractivity contribution in [3.8, 4) is 0 Å². The molecule has 1 aromatic rings. The number of ether oxygens (including phenoxy) is 1. The molecule has 2 fully saturated rings. The zero-order chi connectivity index (χ0) is 17.5. The van der Waals surface area contributed by atoms with Gasteiger partial charge in [0.05, 0.1) is 12.7 Å². The van der Waals surface area contributed by atoms with Crippen molar-refractivity contribution in [2.75, 3.05) is 32.8 Å². The minimum Gasteiger partial charge on any atom is -0.375 e. The largest absolute Gasteiger partial charge is 0.375 e. The van der Waals surface area contributed by atoms with E-state index in [4.69, 9.17) is 4.74 Å². The van der Waals surface area contributed by atoms with E-state index in [-0.39, 0.29) is 17.9 Å². The highest BCUT2D eigenvalue weighted by Gasteiger charge is 2.24. The molecule has 3 rings (SSSR count). The standard InChI is InChI=1S/C20H28N2O3/c23-19-8-4-12-21(19)13-5-9-20(24)22-14-15-25-18(16-22)11-10-17-6-2-1-3-7-17/h1-3,6-7,18H,4-5,8-16H2. The fourth-order valence-electron chi connectivity index (χ4n) is 3.61. The van der Waals surface area contributed by atoms with E-state index in [1.807, 2.05) is 15.9 Å². The van der Waals surface area contributed by atoms with Gasteiger partial charge in [-0.1, -0.05) is 30.3 Å². The molecule has 1 atom stereocenters. The second-order valence-electron chi connectivity index (χ2n) is 6.94. The van der Waals surface area contributed by atoms with Gasteiger partial charge >= 0.3 is 0 Å². The molecule has 2 aliphatic rings. The molecule has 136 valence electrons. The van der Waals surface area contributed by atoms with E-state index in [1.165, 1.54) is 5.56 Å². The summed E-state index contributed by atoms with van der Waals surface area (Å²) in [5.74, 6) is 0.430. The molecule has 0 saturated carbocycles. The zero-order valence-electron chi connectivity index (χ0n) is 14.9. The number of carbonyl (C=O) groups excluding carboxylic acids is 2. The lowest BCUT2D eigenvalue weighted by Crippen LogP contribution is -2.45. The molecule has 0 bridgehead atoms. The molecule has 2 saturated heterocycles. The third kappa shape index (κ3) is 5.30. The molecule has 2 amide bonds. The molecular weight excluding hydrogens is 316 g/mol. The van der Waals surface area contributed by atoms with E-state index < -0.39 is 0 Å². The van der Waals surface area contributed by atoms with Crippen molar-refractivity contribution < 1.29 is 14.3 Å². The van der Waals surface area contributed by atoms with Crippen molar-refractivity contribution in [1.82, 2.24) is 9.80 Å². The molecule has 0 aliphatic carbocycles. The molecule has 1 unspecified atom stereocenters. The van der Waals surface area contributed by atoms with E-state index >= 15 is 0 Å². The van der Waals surface area contributed by atoms with Crippen LogP contribution < -0.4 is 0 Å². The van der Waals surface area contributed by atoms with Gasteiger partial charge in [-0.05, 0) is 31.2 Å². The number of nitrogens with zero attached hydrogens (tertiary/aromatic N) is 2.